The van der Waals surface area contributed by atoms with Gasteiger partial charge in [0.1, 0.15) is 0 Å². The average Bonchev–Trinajstić information content (AvgIpc) is 2.47. The minimum absolute atomic E-state index is 1.13. The van der Waals surface area contributed by atoms with Gasteiger partial charge in [0, 0.05) is 0 Å². The molecule has 0 heterocycles. The smallest absolute Gasteiger partial charge is 0.0109 e. The third kappa shape index (κ3) is 2.65. The van der Waals surface area contributed by atoms with Gasteiger partial charge in [-0.3, -0.25) is 0 Å². The van der Waals surface area contributed by atoms with Crippen LogP contribution in [0.5, 0.6) is 0 Å². The summed E-state index contributed by atoms with van der Waals surface area (Å²) in [7, 11) is 0. The van der Waals surface area contributed by atoms with E-state index in [1.165, 1.54) is 22.3 Å². The van der Waals surface area contributed by atoms with Gasteiger partial charge in [0.15, 0.2) is 0 Å². The molecule has 0 unspecified atom stereocenters. The first-order valence-electron chi connectivity index (χ1n) is 6.80. The van der Waals surface area contributed by atoms with Crippen molar-refractivity contribution in [3.63, 3.8) is 0 Å². The molecule has 0 N–H and O–H groups in total. The summed E-state index contributed by atoms with van der Waals surface area (Å²) in [5, 5.41) is 0. The van der Waals surface area contributed by atoms with Gasteiger partial charge in [-0.25, -0.2) is 0 Å². The van der Waals surface area contributed by atoms with E-state index in [2.05, 4.69) is 75.5 Å². The second-order valence-corrected chi connectivity index (χ2v) is 4.87. The number of hydrogen-bond donors (Lipinski definition) is 0. The molecule has 0 heteroatoms. The Bertz CT molecular complexity index is 612. The maximum atomic E-state index is 4.00. The van der Waals surface area contributed by atoms with Crippen LogP contribution in [0, 0.1) is 13.8 Å². The fourth-order valence-electron chi connectivity index (χ4n) is 2.48. The number of benzene rings is 2. The number of aryl methyl sites for hydroxylation is 2. The molecule has 0 bridgehead atoms. The number of hydrogen-bond acceptors (Lipinski definition) is 0. The molecule has 20 heavy (non-hydrogen) atoms. The first-order chi connectivity index (χ1) is 9.69. The minimum Gasteiger partial charge on any atom is -0.0984 e. The summed E-state index contributed by atoms with van der Waals surface area (Å²) in [5.41, 5.74) is 7.17. The zero-order chi connectivity index (χ0) is 14.5. The van der Waals surface area contributed by atoms with Crippen LogP contribution >= 0.6 is 0 Å². The van der Waals surface area contributed by atoms with Gasteiger partial charge in [-0.1, -0.05) is 73.8 Å². The minimum atomic E-state index is 1.13. The Balaban J connectivity index is 2.73. The van der Waals surface area contributed by atoms with Crippen LogP contribution in [0.4, 0.5) is 0 Å². The van der Waals surface area contributed by atoms with Crippen molar-refractivity contribution in [1.82, 2.24) is 0 Å². The molecule has 0 aliphatic heterocycles. The van der Waals surface area contributed by atoms with Gasteiger partial charge in [-0.05, 0) is 47.2 Å². The van der Waals surface area contributed by atoms with E-state index in [-0.39, 0.29) is 0 Å². The normalized spacial score (nSPS) is 11.7. The summed E-state index contributed by atoms with van der Waals surface area (Å²) in [5.74, 6) is 0. The molecular formula is C20H20. The Morgan fingerprint density at radius 2 is 1.05 bits per heavy atom. The third-order valence-electron chi connectivity index (χ3n) is 3.57. The van der Waals surface area contributed by atoms with Gasteiger partial charge >= 0.3 is 0 Å². The van der Waals surface area contributed by atoms with Crippen LogP contribution in [-0.2, 0) is 0 Å². The first kappa shape index (κ1) is 14.1. The molecule has 100 valence electrons. The van der Waals surface area contributed by atoms with Crippen LogP contribution in [0.3, 0.4) is 0 Å². The molecule has 0 aromatic heterocycles. The summed E-state index contributed by atoms with van der Waals surface area (Å²) in [6, 6.07) is 16.7. The van der Waals surface area contributed by atoms with E-state index >= 15 is 0 Å². The lowest BCUT2D eigenvalue weighted by atomic mass is 9.90. The van der Waals surface area contributed by atoms with Crippen molar-refractivity contribution in [2.75, 3.05) is 0 Å². The predicted molar refractivity (Wildman–Crippen MR) is 89.6 cm³/mol. The Morgan fingerprint density at radius 1 is 0.700 bits per heavy atom. The van der Waals surface area contributed by atoms with Gasteiger partial charge in [0.2, 0.25) is 0 Å². The van der Waals surface area contributed by atoms with Crippen LogP contribution in [0.15, 0.2) is 73.8 Å². The van der Waals surface area contributed by atoms with Gasteiger partial charge in [-0.2, -0.15) is 0 Å². The van der Waals surface area contributed by atoms with Crippen LogP contribution in [-0.4, -0.2) is 0 Å². The molecule has 0 spiro atoms. The summed E-state index contributed by atoms with van der Waals surface area (Å²) in [6.45, 7) is 12.2. The lowest BCUT2D eigenvalue weighted by Crippen LogP contribution is -1.93. The van der Waals surface area contributed by atoms with Gasteiger partial charge in [0.05, 0.1) is 0 Å². The van der Waals surface area contributed by atoms with E-state index in [0.717, 1.165) is 11.1 Å². The fourth-order valence-corrected chi connectivity index (χ4v) is 2.48. The second-order valence-electron chi connectivity index (χ2n) is 4.87. The lowest BCUT2D eigenvalue weighted by molar-refractivity contribution is 1.41. The van der Waals surface area contributed by atoms with Crippen molar-refractivity contribution in [3.8, 4) is 0 Å². The average molecular weight is 260 g/mol. The predicted octanol–water partition coefficient (Wildman–Crippen LogP) is 5.59. The summed E-state index contributed by atoms with van der Waals surface area (Å²) in [4.78, 5) is 0. The van der Waals surface area contributed by atoms with Crippen molar-refractivity contribution < 1.29 is 0 Å². The molecule has 0 saturated carbocycles. The molecule has 2 rings (SSSR count). The van der Waals surface area contributed by atoms with Crippen molar-refractivity contribution in [2.24, 2.45) is 0 Å². The fraction of sp³-hybridized carbons (Fsp3) is 0.100. The van der Waals surface area contributed by atoms with Crippen molar-refractivity contribution in [2.45, 2.75) is 13.8 Å². The third-order valence-corrected chi connectivity index (χ3v) is 3.57. The van der Waals surface area contributed by atoms with Crippen molar-refractivity contribution in [1.29, 1.82) is 0 Å². The molecular weight excluding hydrogens is 240 g/mol. The molecule has 0 saturated heterocycles. The van der Waals surface area contributed by atoms with E-state index in [1.807, 2.05) is 12.2 Å². The van der Waals surface area contributed by atoms with Crippen LogP contribution < -0.4 is 0 Å². The molecule has 0 aliphatic rings. The highest BCUT2D eigenvalue weighted by Crippen LogP contribution is 2.31. The molecule has 0 atom stereocenters. The Morgan fingerprint density at radius 3 is 1.35 bits per heavy atom. The number of rotatable bonds is 4. The highest BCUT2D eigenvalue weighted by Gasteiger charge is 2.09. The summed E-state index contributed by atoms with van der Waals surface area (Å²) >= 11 is 0. The maximum absolute atomic E-state index is 4.00. The zero-order valence-corrected chi connectivity index (χ0v) is 12.2. The van der Waals surface area contributed by atoms with Gasteiger partial charge in [0.25, 0.3) is 0 Å². The molecule has 0 nitrogen and oxygen atoms in total. The first-order valence-corrected chi connectivity index (χ1v) is 6.80. The van der Waals surface area contributed by atoms with Gasteiger partial charge in [-0.15, -0.1) is 0 Å². The highest BCUT2D eigenvalue weighted by atomic mass is 14.1. The van der Waals surface area contributed by atoms with E-state index in [4.69, 9.17) is 0 Å². The van der Waals surface area contributed by atoms with E-state index in [9.17, 15) is 0 Å². The standard InChI is InChI=1S/C20H20/c1-5-17(19-13-9-7-11-15(19)3)18(6-2)20-14-10-8-12-16(20)4/h5-14H,1-2H2,3-4H3/b18-17+. The van der Waals surface area contributed by atoms with E-state index in [1.54, 1.807) is 0 Å². The van der Waals surface area contributed by atoms with Crippen LogP contribution in [0.25, 0.3) is 11.1 Å². The van der Waals surface area contributed by atoms with Crippen molar-refractivity contribution >= 4 is 11.1 Å². The summed E-state index contributed by atoms with van der Waals surface area (Å²) < 4.78 is 0. The monoisotopic (exact) mass is 260 g/mol. The number of allylic oxidation sites excluding steroid dienone is 4. The van der Waals surface area contributed by atoms with Crippen LogP contribution in [0.1, 0.15) is 22.3 Å². The largest absolute Gasteiger partial charge is 0.0984 e. The molecule has 0 fully saturated rings. The quantitative estimate of drug-likeness (QED) is 0.497. The zero-order valence-electron chi connectivity index (χ0n) is 12.2. The van der Waals surface area contributed by atoms with Gasteiger partial charge < -0.3 is 0 Å². The Kier molecular flexibility index (Phi) is 4.37. The highest BCUT2D eigenvalue weighted by molar-refractivity contribution is 6.00. The Labute approximate surface area is 121 Å². The van der Waals surface area contributed by atoms with Crippen LogP contribution in [0.2, 0.25) is 0 Å². The topological polar surface area (TPSA) is 0 Å². The SMILES string of the molecule is C=C/C(=C(/C=C)c1ccccc1C)c1ccccc1C. The lowest BCUT2D eigenvalue weighted by Gasteiger charge is -2.14. The van der Waals surface area contributed by atoms with Crippen molar-refractivity contribution in [3.05, 3.63) is 96.1 Å². The Hall–Kier alpha value is -2.34. The molecule has 0 amide bonds. The molecule has 2 aromatic carbocycles. The van der Waals surface area contributed by atoms with E-state index in [0.29, 0.717) is 0 Å². The second kappa shape index (κ2) is 6.21. The molecule has 0 radical (unpaired) electrons. The molecule has 0 aliphatic carbocycles. The van der Waals surface area contributed by atoms with E-state index < -0.39 is 0 Å². The summed E-state index contributed by atoms with van der Waals surface area (Å²) in [6.07, 6.45) is 3.84. The molecule has 2 aromatic rings. The maximum Gasteiger partial charge on any atom is -0.0109 e.